The van der Waals surface area contributed by atoms with Crippen LogP contribution in [0.3, 0.4) is 0 Å². The van der Waals surface area contributed by atoms with Gasteiger partial charge in [0.05, 0.1) is 17.9 Å². The van der Waals surface area contributed by atoms with Crippen molar-refractivity contribution in [2.75, 3.05) is 5.32 Å². The van der Waals surface area contributed by atoms with Crippen molar-refractivity contribution in [1.29, 1.82) is 0 Å². The molecule has 0 radical (unpaired) electrons. The van der Waals surface area contributed by atoms with Crippen LogP contribution in [0.15, 0.2) is 30.5 Å². The fraction of sp³-hybridized carbons (Fsp3) is 0.400. The molecule has 0 aliphatic carbocycles. The van der Waals surface area contributed by atoms with Crippen molar-refractivity contribution in [2.24, 2.45) is 0 Å². The van der Waals surface area contributed by atoms with E-state index in [-0.39, 0.29) is 5.82 Å². The monoisotopic (exact) mass is 261 g/mol. The van der Waals surface area contributed by atoms with Crippen molar-refractivity contribution < 1.29 is 4.39 Å². The Bertz CT molecular complexity index is 548. The van der Waals surface area contributed by atoms with Crippen molar-refractivity contribution >= 4 is 5.69 Å². The summed E-state index contributed by atoms with van der Waals surface area (Å²) in [5.74, 6) is -0.230. The zero-order valence-corrected chi connectivity index (χ0v) is 11.7. The Morgan fingerprint density at radius 1 is 1.37 bits per heavy atom. The quantitative estimate of drug-likeness (QED) is 0.884. The topological polar surface area (TPSA) is 29.9 Å². The molecular weight excluding hydrogens is 241 g/mol. The number of nitrogens with zero attached hydrogens (tertiary/aromatic N) is 2. The van der Waals surface area contributed by atoms with Crippen LogP contribution in [0, 0.1) is 12.7 Å². The first-order chi connectivity index (χ1) is 9.10. The van der Waals surface area contributed by atoms with Gasteiger partial charge < -0.3 is 5.32 Å². The summed E-state index contributed by atoms with van der Waals surface area (Å²) in [4.78, 5) is 0. The first-order valence-corrected chi connectivity index (χ1v) is 6.64. The third kappa shape index (κ3) is 3.34. The molecule has 1 atom stereocenters. The summed E-state index contributed by atoms with van der Waals surface area (Å²) in [7, 11) is 0. The Hall–Kier alpha value is -1.84. The van der Waals surface area contributed by atoms with E-state index in [2.05, 4.69) is 24.3 Å². The van der Waals surface area contributed by atoms with Gasteiger partial charge in [0.25, 0.3) is 0 Å². The molecule has 3 nitrogen and oxygen atoms in total. The molecule has 0 aliphatic heterocycles. The molecule has 1 unspecified atom stereocenters. The molecule has 4 heteroatoms. The average molecular weight is 261 g/mol. The lowest BCUT2D eigenvalue weighted by Gasteiger charge is -2.09. The second-order valence-electron chi connectivity index (χ2n) is 4.88. The largest absolute Gasteiger partial charge is 0.377 e. The van der Waals surface area contributed by atoms with Crippen molar-refractivity contribution in [3.05, 3.63) is 47.5 Å². The second-order valence-corrected chi connectivity index (χ2v) is 4.88. The van der Waals surface area contributed by atoms with E-state index in [0.717, 1.165) is 17.7 Å². The van der Waals surface area contributed by atoms with E-state index in [1.165, 1.54) is 6.07 Å². The Morgan fingerprint density at radius 3 is 2.89 bits per heavy atom. The van der Waals surface area contributed by atoms with Gasteiger partial charge in [0.2, 0.25) is 0 Å². The van der Waals surface area contributed by atoms with Crippen LogP contribution in [0.4, 0.5) is 10.1 Å². The molecule has 1 N–H and O–H groups in total. The van der Waals surface area contributed by atoms with E-state index in [1.807, 2.05) is 23.9 Å². The zero-order chi connectivity index (χ0) is 13.8. The number of hydrogen-bond donors (Lipinski definition) is 1. The van der Waals surface area contributed by atoms with Crippen LogP contribution in [0.5, 0.6) is 0 Å². The summed E-state index contributed by atoms with van der Waals surface area (Å²) in [5.41, 5.74) is 2.48. The highest BCUT2D eigenvalue weighted by Crippen LogP contribution is 2.17. The van der Waals surface area contributed by atoms with Gasteiger partial charge in [0, 0.05) is 12.2 Å². The molecule has 0 saturated carbocycles. The van der Waals surface area contributed by atoms with Gasteiger partial charge in [-0.2, -0.15) is 5.10 Å². The molecule has 0 spiro atoms. The maximum Gasteiger partial charge on any atom is 0.146 e. The summed E-state index contributed by atoms with van der Waals surface area (Å²) >= 11 is 0. The predicted molar refractivity (Wildman–Crippen MR) is 75.7 cm³/mol. The van der Waals surface area contributed by atoms with Gasteiger partial charge in [-0.05, 0) is 44.0 Å². The van der Waals surface area contributed by atoms with Crippen LogP contribution in [0.1, 0.15) is 37.6 Å². The maximum absolute atomic E-state index is 13.6. The summed E-state index contributed by atoms with van der Waals surface area (Å²) in [6.45, 7) is 6.74. The molecule has 2 aromatic rings. The standard InChI is InChI=1S/C15H20FN3/c1-4-12(3)19-8-7-13(18-19)10-17-15-9-11(2)5-6-14(15)16/h5-9,12,17H,4,10H2,1-3H3. The van der Waals surface area contributed by atoms with Crippen molar-refractivity contribution in [3.8, 4) is 0 Å². The average Bonchev–Trinajstić information content (AvgIpc) is 2.88. The summed E-state index contributed by atoms with van der Waals surface area (Å²) < 4.78 is 15.5. The van der Waals surface area contributed by atoms with Gasteiger partial charge in [-0.1, -0.05) is 13.0 Å². The van der Waals surface area contributed by atoms with Crippen LogP contribution in [-0.4, -0.2) is 9.78 Å². The number of rotatable bonds is 5. The van der Waals surface area contributed by atoms with Crippen LogP contribution >= 0.6 is 0 Å². The summed E-state index contributed by atoms with van der Waals surface area (Å²) in [6, 6.07) is 7.41. The fourth-order valence-electron chi connectivity index (χ4n) is 1.86. The minimum atomic E-state index is -0.230. The molecule has 1 aromatic carbocycles. The van der Waals surface area contributed by atoms with Crippen molar-refractivity contribution in [3.63, 3.8) is 0 Å². The van der Waals surface area contributed by atoms with Gasteiger partial charge in [0.1, 0.15) is 5.82 Å². The molecule has 0 amide bonds. The summed E-state index contributed by atoms with van der Waals surface area (Å²) in [5, 5.41) is 7.57. The van der Waals surface area contributed by atoms with E-state index in [1.54, 1.807) is 12.1 Å². The molecule has 19 heavy (non-hydrogen) atoms. The van der Waals surface area contributed by atoms with E-state index in [0.29, 0.717) is 18.3 Å². The third-order valence-corrected chi connectivity index (χ3v) is 3.29. The molecule has 0 fully saturated rings. The Kier molecular flexibility index (Phi) is 4.20. The smallest absolute Gasteiger partial charge is 0.146 e. The lowest BCUT2D eigenvalue weighted by atomic mass is 10.2. The number of halogens is 1. The number of benzene rings is 1. The van der Waals surface area contributed by atoms with Crippen molar-refractivity contribution in [1.82, 2.24) is 9.78 Å². The van der Waals surface area contributed by atoms with E-state index in [9.17, 15) is 4.39 Å². The molecule has 102 valence electrons. The minimum absolute atomic E-state index is 0.230. The highest BCUT2D eigenvalue weighted by Gasteiger charge is 2.06. The fourth-order valence-corrected chi connectivity index (χ4v) is 1.86. The highest BCUT2D eigenvalue weighted by molar-refractivity contribution is 5.47. The molecule has 1 aromatic heterocycles. The van der Waals surface area contributed by atoms with Gasteiger partial charge in [0.15, 0.2) is 0 Å². The van der Waals surface area contributed by atoms with Crippen LogP contribution < -0.4 is 5.32 Å². The number of aryl methyl sites for hydroxylation is 1. The Morgan fingerprint density at radius 2 is 2.16 bits per heavy atom. The van der Waals surface area contributed by atoms with Crippen LogP contribution in [-0.2, 0) is 6.54 Å². The molecule has 0 saturated heterocycles. The number of aromatic nitrogens is 2. The zero-order valence-electron chi connectivity index (χ0n) is 11.7. The van der Waals surface area contributed by atoms with E-state index >= 15 is 0 Å². The first kappa shape index (κ1) is 13.6. The number of nitrogens with one attached hydrogen (secondary N) is 1. The number of anilines is 1. The molecule has 0 bridgehead atoms. The predicted octanol–water partition coefficient (Wildman–Crippen LogP) is 3.91. The van der Waals surface area contributed by atoms with Crippen LogP contribution in [0.2, 0.25) is 0 Å². The van der Waals surface area contributed by atoms with Gasteiger partial charge in [-0.25, -0.2) is 4.39 Å². The third-order valence-electron chi connectivity index (χ3n) is 3.29. The lowest BCUT2D eigenvalue weighted by Crippen LogP contribution is -2.07. The van der Waals surface area contributed by atoms with Gasteiger partial charge >= 0.3 is 0 Å². The lowest BCUT2D eigenvalue weighted by molar-refractivity contribution is 0.474. The second kappa shape index (κ2) is 5.87. The normalized spacial score (nSPS) is 12.4. The molecular formula is C15H20FN3. The van der Waals surface area contributed by atoms with Crippen molar-refractivity contribution in [2.45, 2.75) is 39.8 Å². The Labute approximate surface area is 113 Å². The SMILES string of the molecule is CCC(C)n1ccc(CNc2cc(C)ccc2F)n1. The highest BCUT2D eigenvalue weighted by atomic mass is 19.1. The number of hydrogen-bond acceptors (Lipinski definition) is 2. The van der Waals surface area contributed by atoms with Crippen LogP contribution in [0.25, 0.3) is 0 Å². The summed E-state index contributed by atoms with van der Waals surface area (Å²) in [6.07, 6.45) is 3.01. The molecule has 1 heterocycles. The van der Waals surface area contributed by atoms with E-state index < -0.39 is 0 Å². The first-order valence-electron chi connectivity index (χ1n) is 6.64. The maximum atomic E-state index is 13.6. The van der Waals surface area contributed by atoms with Gasteiger partial charge in [-0.3, -0.25) is 4.68 Å². The molecule has 0 aliphatic rings. The van der Waals surface area contributed by atoms with E-state index in [4.69, 9.17) is 0 Å². The Balaban J connectivity index is 2.02. The van der Waals surface area contributed by atoms with Gasteiger partial charge in [-0.15, -0.1) is 0 Å². The molecule has 2 rings (SSSR count). The minimum Gasteiger partial charge on any atom is -0.377 e.